The summed E-state index contributed by atoms with van der Waals surface area (Å²) in [5.41, 5.74) is -0.978. The van der Waals surface area contributed by atoms with Crippen LogP contribution < -0.4 is 0 Å². The van der Waals surface area contributed by atoms with Crippen molar-refractivity contribution < 1.29 is 22.7 Å². The average Bonchev–Trinajstić information content (AvgIpc) is 2.24. The normalized spacial score (nSPS) is 22.6. The van der Waals surface area contributed by atoms with Gasteiger partial charge in [0.25, 0.3) is 0 Å². The number of hydrogen-bond donors (Lipinski definition) is 0. The zero-order valence-corrected chi connectivity index (χ0v) is 9.39. The van der Waals surface area contributed by atoms with Crippen molar-refractivity contribution in [2.75, 3.05) is 7.11 Å². The molecule has 2 rings (SSSR count). The van der Waals surface area contributed by atoms with Crippen LogP contribution in [0.25, 0.3) is 0 Å². The molecular weight excluding hydrogens is 233 g/mol. The Morgan fingerprint density at radius 2 is 2.06 bits per heavy atom. The summed E-state index contributed by atoms with van der Waals surface area (Å²) in [6.07, 6.45) is -4.30. The first-order valence-electron chi connectivity index (χ1n) is 5.08. The SMILES string of the molecule is COC(=O)C1(C)Cc2c(C(F)(F)F)cccc21. The number of esters is 1. The summed E-state index contributed by atoms with van der Waals surface area (Å²) in [5.74, 6) is -0.496. The lowest BCUT2D eigenvalue weighted by Gasteiger charge is -2.39. The number of fused-ring (bicyclic) bond motifs is 1. The van der Waals surface area contributed by atoms with Crippen molar-refractivity contribution in [1.82, 2.24) is 0 Å². The molecule has 5 heteroatoms. The van der Waals surface area contributed by atoms with Crippen molar-refractivity contribution in [3.8, 4) is 0 Å². The van der Waals surface area contributed by atoms with E-state index in [-0.39, 0.29) is 12.0 Å². The molecule has 1 aromatic carbocycles. The van der Waals surface area contributed by atoms with E-state index >= 15 is 0 Å². The van der Waals surface area contributed by atoms with Crippen LogP contribution in [0.1, 0.15) is 23.6 Å². The Kier molecular flexibility index (Phi) is 2.45. The Bertz CT molecular complexity index is 479. The number of benzene rings is 1. The lowest BCUT2D eigenvalue weighted by Crippen LogP contribution is -2.45. The van der Waals surface area contributed by atoms with Gasteiger partial charge in [0.05, 0.1) is 18.1 Å². The number of carbonyl (C=O) groups is 1. The maximum Gasteiger partial charge on any atom is 0.416 e. The molecule has 0 amide bonds. The van der Waals surface area contributed by atoms with Gasteiger partial charge < -0.3 is 4.74 Å². The molecule has 1 atom stereocenters. The van der Waals surface area contributed by atoms with Gasteiger partial charge in [-0.2, -0.15) is 13.2 Å². The van der Waals surface area contributed by atoms with E-state index in [9.17, 15) is 18.0 Å². The van der Waals surface area contributed by atoms with Gasteiger partial charge in [0.1, 0.15) is 0 Å². The first kappa shape index (κ1) is 12.0. The summed E-state index contributed by atoms with van der Waals surface area (Å²) in [6, 6.07) is 3.91. The van der Waals surface area contributed by atoms with Crippen LogP contribution in [-0.4, -0.2) is 13.1 Å². The lowest BCUT2D eigenvalue weighted by molar-refractivity contribution is -0.149. The van der Waals surface area contributed by atoms with Crippen molar-refractivity contribution in [1.29, 1.82) is 0 Å². The molecule has 0 bridgehead atoms. The number of rotatable bonds is 1. The Labute approximate surface area is 96.4 Å². The number of carbonyl (C=O) groups excluding carboxylic acids is 1. The van der Waals surface area contributed by atoms with Gasteiger partial charge in [0, 0.05) is 0 Å². The van der Waals surface area contributed by atoms with Gasteiger partial charge in [-0.25, -0.2) is 0 Å². The Balaban J connectivity index is 2.48. The molecule has 0 spiro atoms. The van der Waals surface area contributed by atoms with E-state index in [1.807, 2.05) is 0 Å². The van der Waals surface area contributed by atoms with Crippen molar-refractivity contribution in [2.24, 2.45) is 0 Å². The van der Waals surface area contributed by atoms with Crippen molar-refractivity contribution in [3.05, 3.63) is 34.9 Å². The predicted octanol–water partition coefficient (Wildman–Crippen LogP) is 2.69. The van der Waals surface area contributed by atoms with Crippen LogP contribution in [0.3, 0.4) is 0 Å². The van der Waals surface area contributed by atoms with Crippen LogP contribution in [0, 0.1) is 0 Å². The van der Waals surface area contributed by atoms with Gasteiger partial charge >= 0.3 is 12.1 Å². The third kappa shape index (κ3) is 1.61. The van der Waals surface area contributed by atoms with E-state index in [4.69, 9.17) is 0 Å². The van der Waals surface area contributed by atoms with Crippen LogP contribution in [0.2, 0.25) is 0 Å². The number of ether oxygens (including phenoxy) is 1. The summed E-state index contributed by atoms with van der Waals surface area (Å²) in [5, 5.41) is 0. The second-order valence-electron chi connectivity index (χ2n) is 4.33. The summed E-state index contributed by atoms with van der Waals surface area (Å²) in [7, 11) is 1.24. The number of halogens is 3. The molecule has 1 aromatic rings. The van der Waals surface area contributed by atoms with E-state index in [0.717, 1.165) is 6.07 Å². The molecule has 17 heavy (non-hydrogen) atoms. The number of alkyl halides is 3. The highest BCUT2D eigenvalue weighted by Gasteiger charge is 2.50. The number of methoxy groups -OCH3 is 1. The molecule has 92 valence electrons. The van der Waals surface area contributed by atoms with Gasteiger partial charge in [-0.05, 0) is 30.5 Å². The van der Waals surface area contributed by atoms with Gasteiger partial charge in [-0.3, -0.25) is 4.79 Å². The van der Waals surface area contributed by atoms with Crippen LogP contribution in [0.15, 0.2) is 18.2 Å². The Hall–Kier alpha value is -1.52. The highest BCUT2D eigenvalue weighted by atomic mass is 19.4. The monoisotopic (exact) mass is 244 g/mol. The molecule has 0 fully saturated rings. The predicted molar refractivity (Wildman–Crippen MR) is 54.5 cm³/mol. The molecular formula is C12H11F3O2. The van der Waals surface area contributed by atoms with Crippen LogP contribution in [0.4, 0.5) is 13.2 Å². The molecule has 0 heterocycles. The van der Waals surface area contributed by atoms with Crippen molar-refractivity contribution in [3.63, 3.8) is 0 Å². The molecule has 0 saturated carbocycles. The highest BCUT2D eigenvalue weighted by Crippen LogP contribution is 2.47. The minimum absolute atomic E-state index is 0.0741. The van der Waals surface area contributed by atoms with E-state index in [0.29, 0.717) is 5.56 Å². The summed E-state index contributed by atoms with van der Waals surface area (Å²) >= 11 is 0. The van der Waals surface area contributed by atoms with E-state index in [1.54, 1.807) is 13.0 Å². The molecule has 1 aliphatic carbocycles. The third-order valence-corrected chi connectivity index (χ3v) is 3.24. The zero-order valence-electron chi connectivity index (χ0n) is 9.39. The fourth-order valence-corrected chi connectivity index (χ4v) is 2.31. The van der Waals surface area contributed by atoms with Crippen molar-refractivity contribution >= 4 is 5.97 Å². The van der Waals surface area contributed by atoms with Gasteiger partial charge in [0.15, 0.2) is 0 Å². The second-order valence-corrected chi connectivity index (χ2v) is 4.33. The first-order valence-corrected chi connectivity index (χ1v) is 5.08. The van der Waals surface area contributed by atoms with Gasteiger partial charge in [-0.1, -0.05) is 12.1 Å². The smallest absolute Gasteiger partial charge is 0.416 e. The topological polar surface area (TPSA) is 26.3 Å². The van der Waals surface area contributed by atoms with Gasteiger partial charge in [0.2, 0.25) is 0 Å². The summed E-state index contributed by atoms with van der Waals surface area (Å²) in [6.45, 7) is 1.60. The highest BCUT2D eigenvalue weighted by molar-refractivity contribution is 5.87. The molecule has 0 N–H and O–H groups in total. The molecule has 2 nitrogen and oxygen atoms in total. The van der Waals surface area contributed by atoms with Crippen LogP contribution in [0.5, 0.6) is 0 Å². The minimum atomic E-state index is -4.37. The average molecular weight is 244 g/mol. The molecule has 1 unspecified atom stereocenters. The van der Waals surface area contributed by atoms with Crippen molar-refractivity contribution in [2.45, 2.75) is 24.9 Å². The van der Waals surface area contributed by atoms with E-state index in [2.05, 4.69) is 4.74 Å². The summed E-state index contributed by atoms with van der Waals surface area (Å²) in [4.78, 5) is 11.5. The molecule has 0 saturated heterocycles. The second kappa shape index (κ2) is 3.48. The lowest BCUT2D eigenvalue weighted by atomic mass is 9.64. The minimum Gasteiger partial charge on any atom is -0.468 e. The summed E-state index contributed by atoms with van der Waals surface area (Å²) < 4.78 is 42.7. The van der Waals surface area contributed by atoms with Crippen LogP contribution in [-0.2, 0) is 27.5 Å². The maximum absolute atomic E-state index is 12.7. The largest absolute Gasteiger partial charge is 0.468 e. The fourth-order valence-electron chi connectivity index (χ4n) is 2.31. The Morgan fingerprint density at radius 1 is 1.41 bits per heavy atom. The maximum atomic E-state index is 12.7. The standard InChI is InChI=1S/C12H11F3O2/c1-11(10(16)17-2)6-7-8(11)4-3-5-9(7)12(13,14)15/h3-5H,6H2,1-2H3. The van der Waals surface area contributed by atoms with Gasteiger partial charge in [-0.15, -0.1) is 0 Å². The first-order chi connectivity index (χ1) is 7.80. The molecule has 1 aliphatic rings. The third-order valence-electron chi connectivity index (χ3n) is 3.24. The molecule has 0 aliphatic heterocycles. The van der Waals surface area contributed by atoms with E-state index in [1.165, 1.54) is 13.2 Å². The molecule has 0 aromatic heterocycles. The quantitative estimate of drug-likeness (QED) is 0.710. The molecule has 0 radical (unpaired) electrons. The zero-order chi connectivity index (χ0) is 12.8. The van der Waals surface area contributed by atoms with Crippen LogP contribution >= 0.6 is 0 Å². The van der Waals surface area contributed by atoms with E-state index < -0.39 is 23.1 Å². The fraction of sp³-hybridized carbons (Fsp3) is 0.417. The Morgan fingerprint density at radius 3 is 2.59 bits per heavy atom. The number of hydrogen-bond acceptors (Lipinski definition) is 2.